The van der Waals surface area contributed by atoms with Gasteiger partial charge in [-0.05, 0) is 35.7 Å². The zero-order valence-corrected chi connectivity index (χ0v) is 12.2. The fraction of sp³-hybridized carbons (Fsp3) is 0.0625. The number of Topliss-reactive ketones (excluding diaryl/α,β-unsaturated/α-hetero) is 1. The number of thiophene rings is 1. The van der Waals surface area contributed by atoms with Gasteiger partial charge in [0.1, 0.15) is 16.8 Å². The van der Waals surface area contributed by atoms with Crippen molar-refractivity contribution in [3.8, 4) is 0 Å². The molecule has 0 saturated heterocycles. The Morgan fingerprint density at radius 2 is 1.82 bits per heavy atom. The first-order chi connectivity index (χ1) is 10.8. The van der Waals surface area contributed by atoms with E-state index in [0.29, 0.717) is 10.6 Å². The Balaban J connectivity index is 1.85. The highest BCUT2D eigenvalue weighted by molar-refractivity contribution is 7.12. The number of hydrogen-bond acceptors (Lipinski definition) is 5. The molecule has 0 aliphatic carbocycles. The first-order valence-corrected chi connectivity index (χ1v) is 7.63. The van der Waals surface area contributed by atoms with Gasteiger partial charge in [-0.25, -0.2) is 0 Å². The van der Waals surface area contributed by atoms with Gasteiger partial charge in [-0.2, -0.15) is 15.0 Å². The minimum Gasteiger partial charge on any atom is -0.466 e. The molecule has 6 heteroatoms. The number of benzene rings is 1. The molecule has 108 valence electrons. The Morgan fingerprint density at radius 1 is 1.05 bits per heavy atom. The van der Waals surface area contributed by atoms with Crippen LogP contribution in [0.2, 0.25) is 0 Å². The van der Waals surface area contributed by atoms with Gasteiger partial charge in [0.05, 0.1) is 11.1 Å². The summed E-state index contributed by atoms with van der Waals surface area (Å²) < 4.78 is 5.45. The lowest BCUT2D eigenvalue weighted by Gasteiger charge is -2.11. The summed E-state index contributed by atoms with van der Waals surface area (Å²) in [6, 6.07) is 14.0. The van der Waals surface area contributed by atoms with E-state index < -0.39 is 6.04 Å². The van der Waals surface area contributed by atoms with Gasteiger partial charge < -0.3 is 4.42 Å². The van der Waals surface area contributed by atoms with E-state index in [-0.39, 0.29) is 5.78 Å². The molecule has 1 atom stereocenters. The van der Waals surface area contributed by atoms with Crippen molar-refractivity contribution in [2.24, 2.45) is 0 Å². The van der Waals surface area contributed by atoms with E-state index in [2.05, 4.69) is 10.2 Å². The van der Waals surface area contributed by atoms with Gasteiger partial charge in [-0.1, -0.05) is 18.2 Å². The molecule has 0 radical (unpaired) electrons. The minimum atomic E-state index is -0.693. The summed E-state index contributed by atoms with van der Waals surface area (Å²) in [4.78, 5) is 14.9. The molecule has 0 spiro atoms. The number of nitrogens with zero attached hydrogens (tertiary/aromatic N) is 3. The quantitative estimate of drug-likeness (QED) is 0.541. The van der Waals surface area contributed by atoms with Gasteiger partial charge in [0.2, 0.25) is 5.78 Å². The van der Waals surface area contributed by atoms with Crippen molar-refractivity contribution < 1.29 is 9.21 Å². The van der Waals surface area contributed by atoms with Crippen LogP contribution >= 0.6 is 11.3 Å². The molecular weight excluding hydrogens is 298 g/mol. The second-order valence-corrected chi connectivity index (χ2v) is 5.72. The predicted octanol–water partition coefficient (Wildman–Crippen LogP) is 3.56. The highest BCUT2D eigenvalue weighted by Crippen LogP contribution is 2.25. The molecule has 0 saturated carbocycles. The monoisotopic (exact) mass is 309 g/mol. The van der Waals surface area contributed by atoms with E-state index in [1.165, 1.54) is 16.1 Å². The van der Waals surface area contributed by atoms with Crippen molar-refractivity contribution in [2.45, 2.75) is 6.04 Å². The normalized spacial score (nSPS) is 12.5. The molecule has 0 fully saturated rings. The van der Waals surface area contributed by atoms with Gasteiger partial charge in [0.15, 0.2) is 6.04 Å². The van der Waals surface area contributed by atoms with Crippen LogP contribution in [0, 0.1) is 0 Å². The first kappa shape index (κ1) is 13.0. The first-order valence-electron chi connectivity index (χ1n) is 6.75. The van der Waals surface area contributed by atoms with Crippen LogP contribution in [-0.2, 0) is 0 Å². The Labute approximate surface area is 129 Å². The largest absolute Gasteiger partial charge is 0.466 e. The van der Waals surface area contributed by atoms with E-state index in [1.54, 1.807) is 24.5 Å². The minimum absolute atomic E-state index is 0.0785. The summed E-state index contributed by atoms with van der Waals surface area (Å²) >= 11 is 1.40. The molecule has 0 aliphatic heterocycles. The molecule has 4 rings (SSSR count). The third-order valence-electron chi connectivity index (χ3n) is 3.36. The number of ketones is 1. The SMILES string of the molecule is O=C(c1cccs1)C(c1ccco1)n1nc2ccccc2n1. The molecule has 5 nitrogen and oxygen atoms in total. The van der Waals surface area contributed by atoms with Crippen LogP contribution < -0.4 is 0 Å². The van der Waals surface area contributed by atoms with Crippen molar-refractivity contribution in [3.05, 3.63) is 70.8 Å². The number of carbonyl (C=O) groups is 1. The number of carbonyl (C=O) groups excluding carboxylic acids is 1. The average molecular weight is 309 g/mol. The van der Waals surface area contributed by atoms with Gasteiger partial charge in [-0.15, -0.1) is 11.3 Å². The van der Waals surface area contributed by atoms with Crippen LogP contribution in [0.15, 0.2) is 64.6 Å². The summed E-state index contributed by atoms with van der Waals surface area (Å²) in [5, 5.41) is 10.7. The maximum absolute atomic E-state index is 12.8. The van der Waals surface area contributed by atoms with Gasteiger partial charge in [0.25, 0.3) is 0 Å². The fourth-order valence-corrected chi connectivity index (χ4v) is 3.03. The summed E-state index contributed by atoms with van der Waals surface area (Å²) in [5.41, 5.74) is 1.50. The van der Waals surface area contributed by atoms with E-state index >= 15 is 0 Å². The van der Waals surface area contributed by atoms with E-state index in [4.69, 9.17) is 4.42 Å². The van der Waals surface area contributed by atoms with Crippen LogP contribution in [0.3, 0.4) is 0 Å². The summed E-state index contributed by atoms with van der Waals surface area (Å²) in [5.74, 6) is 0.448. The van der Waals surface area contributed by atoms with Gasteiger partial charge in [0, 0.05) is 0 Å². The molecule has 0 bridgehead atoms. The predicted molar refractivity (Wildman–Crippen MR) is 83.0 cm³/mol. The zero-order chi connectivity index (χ0) is 14.9. The Kier molecular flexibility index (Phi) is 3.08. The van der Waals surface area contributed by atoms with Crippen LogP contribution in [-0.4, -0.2) is 20.8 Å². The second-order valence-electron chi connectivity index (χ2n) is 4.77. The van der Waals surface area contributed by atoms with Crippen molar-refractivity contribution >= 4 is 28.2 Å². The molecular formula is C16H11N3O2S. The molecule has 4 aromatic rings. The highest BCUT2D eigenvalue weighted by atomic mass is 32.1. The van der Waals surface area contributed by atoms with Crippen LogP contribution in [0.1, 0.15) is 21.5 Å². The van der Waals surface area contributed by atoms with Gasteiger partial charge >= 0.3 is 0 Å². The smallest absolute Gasteiger partial charge is 0.206 e. The van der Waals surface area contributed by atoms with E-state index in [1.807, 2.05) is 35.7 Å². The second kappa shape index (κ2) is 5.23. The Hall–Kier alpha value is -2.73. The lowest BCUT2D eigenvalue weighted by molar-refractivity contribution is 0.0924. The number of aromatic nitrogens is 3. The van der Waals surface area contributed by atoms with Crippen LogP contribution in [0.25, 0.3) is 11.0 Å². The van der Waals surface area contributed by atoms with Crippen LogP contribution in [0.5, 0.6) is 0 Å². The molecule has 1 aromatic carbocycles. The molecule has 1 unspecified atom stereocenters. The maximum Gasteiger partial charge on any atom is 0.206 e. The van der Waals surface area contributed by atoms with E-state index in [9.17, 15) is 4.79 Å². The molecule has 22 heavy (non-hydrogen) atoms. The van der Waals surface area contributed by atoms with E-state index in [0.717, 1.165) is 11.0 Å². The van der Waals surface area contributed by atoms with Crippen molar-refractivity contribution in [2.75, 3.05) is 0 Å². The van der Waals surface area contributed by atoms with Gasteiger partial charge in [-0.3, -0.25) is 4.79 Å². The maximum atomic E-state index is 12.8. The summed E-state index contributed by atoms with van der Waals surface area (Å²) in [6.07, 6.45) is 1.55. The molecule has 0 aliphatic rings. The topological polar surface area (TPSA) is 60.9 Å². The summed E-state index contributed by atoms with van der Waals surface area (Å²) in [6.45, 7) is 0. The zero-order valence-electron chi connectivity index (χ0n) is 11.4. The van der Waals surface area contributed by atoms with Crippen LogP contribution in [0.4, 0.5) is 0 Å². The third kappa shape index (κ3) is 2.14. The lowest BCUT2D eigenvalue weighted by atomic mass is 10.1. The average Bonchev–Trinajstić information content (AvgIpc) is 3.28. The number of fused-ring (bicyclic) bond motifs is 1. The third-order valence-corrected chi connectivity index (χ3v) is 4.24. The summed E-state index contributed by atoms with van der Waals surface area (Å²) in [7, 11) is 0. The Bertz CT molecular complexity index is 877. The van der Waals surface area contributed by atoms with Crippen molar-refractivity contribution in [1.29, 1.82) is 0 Å². The van der Waals surface area contributed by atoms with Crippen molar-refractivity contribution in [3.63, 3.8) is 0 Å². The molecule has 0 N–H and O–H groups in total. The van der Waals surface area contributed by atoms with Crippen molar-refractivity contribution in [1.82, 2.24) is 15.0 Å². The fourth-order valence-electron chi connectivity index (χ4n) is 2.34. The Morgan fingerprint density at radius 3 is 2.41 bits per heavy atom. The molecule has 3 aromatic heterocycles. The number of furan rings is 1. The molecule has 3 heterocycles. The number of rotatable bonds is 4. The standard InChI is InChI=1S/C16H11N3O2S/c20-16(14-8-4-10-22-14)15(13-7-3-9-21-13)19-17-11-5-1-2-6-12(11)18-19/h1-10,15H. The lowest BCUT2D eigenvalue weighted by Crippen LogP contribution is -2.22. The molecule has 0 amide bonds. The highest BCUT2D eigenvalue weighted by Gasteiger charge is 2.29. The number of hydrogen-bond donors (Lipinski definition) is 0.